The van der Waals surface area contributed by atoms with Gasteiger partial charge in [-0.3, -0.25) is 9.69 Å². The van der Waals surface area contributed by atoms with Crippen molar-refractivity contribution in [1.82, 2.24) is 34.8 Å². The van der Waals surface area contributed by atoms with E-state index in [1.807, 2.05) is 13.8 Å². The van der Waals surface area contributed by atoms with Crippen LogP contribution in [0.3, 0.4) is 0 Å². The van der Waals surface area contributed by atoms with Gasteiger partial charge in [-0.25, -0.2) is 9.67 Å². The summed E-state index contributed by atoms with van der Waals surface area (Å²) in [4.78, 5) is 30.0. The first-order valence-corrected chi connectivity index (χ1v) is 16.2. The van der Waals surface area contributed by atoms with E-state index >= 15 is 0 Å². The fourth-order valence-corrected chi connectivity index (χ4v) is 7.64. The lowest BCUT2D eigenvalue weighted by Crippen LogP contribution is -2.38. The Bertz CT molecular complexity index is 1740. The molecule has 1 saturated heterocycles. The number of carbonyl (C=O) groups excluding carboxylic acids is 1. The van der Waals surface area contributed by atoms with Gasteiger partial charge < -0.3 is 20.3 Å². The zero-order valence-electron chi connectivity index (χ0n) is 26.0. The third-order valence-electron chi connectivity index (χ3n) is 8.83. The molecule has 6 rings (SSSR count). The number of carbonyl (C=O) groups is 1. The maximum atomic E-state index is 12.5. The lowest BCUT2D eigenvalue weighted by molar-refractivity contribution is 0.0884. The summed E-state index contributed by atoms with van der Waals surface area (Å²) >= 11 is 1.46. The number of likely N-dealkylation sites (tertiary alicyclic amines) is 1. The highest BCUT2D eigenvalue weighted by molar-refractivity contribution is 7.16. The van der Waals surface area contributed by atoms with E-state index < -0.39 is 5.41 Å². The average molecular weight is 631 g/mol. The summed E-state index contributed by atoms with van der Waals surface area (Å²) in [6.07, 6.45) is 7.18. The summed E-state index contributed by atoms with van der Waals surface area (Å²) in [6, 6.07) is 6.13. The van der Waals surface area contributed by atoms with Crippen molar-refractivity contribution < 1.29 is 14.1 Å². The Morgan fingerprint density at radius 1 is 1.33 bits per heavy atom. The topological polar surface area (TPSA) is 174 Å². The van der Waals surface area contributed by atoms with E-state index in [-0.39, 0.29) is 29.7 Å². The molecule has 14 heteroatoms. The summed E-state index contributed by atoms with van der Waals surface area (Å²) in [6.45, 7) is 7.46. The number of nitriles is 1. The van der Waals surface area contributed by atoms with Crippen LogP contribution in [0.15, 0.2) is 22.9 Å². The standard InChI is InChI=1S/C31H38N10O3S/c1-18-11-15-41(38-18)25(42)10-6-13-34-23-16-24(43-19(2)21-8-7-14-40(21)4)36-28(35-23)29-37-30(44-39-29)31(3)12-5-9-22-26(31)20(17-32)27(33)45-22/h11,15-16,19,21H,5-10,12-14,33H2,1-4H3,(H,34,35,36)/t19-,21-,31+/m0/s1. The van der Waals surface area contributed by atoms with Crippen molar-refractivity contribution in [3.05, 3.63) is 45.9 Å². The zero-order chi connectivity index (χ0) is 31.7. The number of ether oxygens (including phenoxy) is 1. The molecule has 1 aliphatic heterocycles. The second-order valence-electron chi connectivity index (χ2n) is 12.1. The number of nitrogen functional groups attached to an aromatic ring is 1. The maximum absolute atomic E-state index is 12.5. The van der Waals surface area contributed by atoms with Crippen LogP contribution in [-0.4, -0.2) is 73.0 Å². The van der Waals surface area contributed by atoms with E-state index in [2.05, 4.69) is 45.5 Å². The highest BCUT2D eigenvalue weighted by Gasteiger charge is 2.43. The van der Waals surface area contributed by atoms with Crippen molar-refractivity contribution >= 4 is 28.1 Å². The number of likely N-dealkylation sites (N-methyl/N-ethyl adjacent to an activating group) is 1. The summed E-state index contributed by atoms with van der Waals surface area (Å²) in [5, 5.41) is 22.2. The van der Waals surface area contributed by atoms with Crippen molar-refractivity contribution in [1.29, 1.82) is 5.26 Å². The average Bonchev–Trinajstić information content (AvgIpc) is 3.82. The Morgan fingerprint density at radius 3 is 2.91 bits per heavy atom. The molecule has 0 amide bonds. The zero-order valence-corrected chi connectivity index (χ0v) is 26.9. The Hall–Kier alpha value is -4.35. The first-order chi connectivity index (χ1) is 21.7. The number of rotatable bonds is 10. The molecule has 3 N–H and O–H groups in total. The summed E-state index contributed by atoms with van der Waals surface area (Å²) in [5.41, 5.74) is 7.72. The van der Waals surface area contributed by atoms with Crippen molar-refractivity contribution in [3.8, 4) is 23.6 Å². The number of nitrogens with two attached hydrogens (primary N) is 1. The third-order valence-corrected chi connectivity index (χ3v) is 9.91. The van der Waals surface area contributed by atoms with E-state index in [9.17, 15) is 10.1 Å². The number of thiophene rings is 1. The molecular formula is C31H38N10O3S. The molecule has 0 saturated carbocycles. The quantitative estimate of drug-likeness (QED) is 0.234. The molecule has 0 unspecified atom stereocenters. The maximum Gasteiger partial charge on any atom is 0.246 e. The molecule has 45 heavy (non-hydrogen) atoms. The number of aromatic nitrogens is 6. The van der Waals surface area contributed by atoms with E-state index in [0.717, 1.165) is 54.8 Å². The van der Waals surface area contributed by atoms with Gasteiger partial charge in [0.2, 0.25) is 29.3 Å². The Kier molecular flexibility index (Phi) is 8.56. The number of anilines is 2. The lowest BCUT2D eigenvalue weighted by atomic mass is 9.72. The van der Waals surface area contributed by atoms with Gasteiger partial charge in [-0.05, 0) is 79.0 Å². The molecule has 5 heterocycles. The minimum Gasteiger partial charge on any atom is -0.473 e. The monoisotopic (exact) mass is 630 g/mol. The summed E-state index contributed by atoms with van der Waals surface area (Å²) in [7, 11) is 2.11. The van der Waals surface area contributed by atoms with Crippen LogP contribution >= 0.6 is 11.3 Å². The van der Waals surface area contributed by atoms with E-state index in [4.69, 9.17) is 25.0 Å². The molecule has 1 aliphatic carbocycles. The summed E-state index contributed by atoms with van der Waals surface area (Å²) < 4.78 is 13.6. The Balaban J connectivity index is 1.25. The predicted octanol–water partition coefficient (Wildman–Crippen LogP) is 4.58. The number of aryl methyl sites for hydroxylation is 2. The van der Waals surface area contributed by atoms with Gasteiger partial charge in [0.05, 0.1) is 16.7 Å². The van der Waals surface area contributed by atoms with Gasteiger partial charge in [-0.2, -0.15) is 20.3 Å². The number of fused-ring (bicyclic) bond motifs is 1. The summed E-state index contributed by atoms with van der Waals surface area (Å²) in [5.74, 6) is 1.73. The number of hydrogen-bond donors (Lipinski definition) is 2. The molecule has 0 radical (unpaired) electrons. The van der Waals surface area contributed by atoms with Gasteiger partial charge in [-0.15, -0.1) is 11.3 Å². The minimum absolute atomic E-state index is 0.0718. The molecule has 0 spiro atoms. The van der Waals surface area contributed by atoms with Crippen LogP contribution < -0.4 is 15.8 Å². The Morgan fingerprint density at radius 2 is 2.18 bits per heavy atom. The highest BCUT2D eigenvalue weighted by Crippen LogP contribution is 2.48. The minimum atomic E-state index is -0.658. The predicted molar refractivity (Wildman–Crippen MR) is 169 cm³/mol. The van der Waals surface area contributed by atoms with E-state index in [1.165, 1.54) is 16.0 Å². The van der Waals surface area contributed by atoms with Gasteiger partial charge in [0, 0.05) is 41.7 Å². The van der Waals surface area contributed by atoms with Gasteiger partial charge in [0.1, 0.15) is 23.0 Å². The fraction of sp³-hybridized carbons (Fsp3) is 0.516. The van der Waals surface area contributed by atoms with Gasteiger partial charge >= 0.3 is 0 Å². The first kappa shape index (κ1) is 30.7. The molecule has 0 bridgehead atoms. The lowest BCUT2D eigenvalue weighted by Gasteiger charge is -2.30. The van der Waals surface area contributed by atoms with Crippen molar-refractivity contribution in [2.75, 3.05) is 31.2 Å². The fourth-order valence-electron chi connectivity index (χ4n) is 6.45. The largest absolute Gasteiger partial charge is 0.473 e. The molecule has 236 valence electrons. The Labute approximate surface area is 265 Å². The van der Waals surface area contributed by atoms with Crippen molar-refractivity contribution in [2.24, 2.45) is 0 Å². The molecular weight excluding hydrogens is 592 g/mol. The number of hydrogen-bond acceptors (Lipinski definition) is 13. The molecule has 0 aromatic carbocycles. The normalized spacial score (nSPS) is 20.5. The third kappa shape index (κ3) is 6.14. The van der Waals surface area contributed by atoms with Crippen LogP contribution in [0.4, 0.5) is 10.8 Å². The van der Waals surface area contributed by atoms with Crippen LogP contribution in [0, 0.1) is 18.3 Å². The SMILES string of the molecule is Cc1ccn(C(=O)CCCNc2cc(O[C@@H](C)[C@@H]3CCCN3C)nc(-c3noc([C@]4(C)CCCc5sc(N)c(C#N)c54)n3)n2)n1. The van der Waals surface area contributed by atoms with E-state index in [1.54, 1.807) is 18.3 Å². The van der Waals surface area contributed by atoms with Crippen LogP contribution in [0.5, 0.6) is 5.88 Å². The molecule has 13 nitrogen and oxygen atoms in total. The molecule has 1 fully saturated rings. The van der Waals surface area contributed by atoms with Crippen molar-refractivity contribution in [3.63, 3.8) is 0 Å². The highest BCUT2D eigenvalue weighted by atomic mass is 32.1. The van der Waals surface area contributed by atoms with Crippen LogP contribution in [0.2, 0.25) is 0 Å². The molecule has 4 aromatic rings. The van der Waals surface area contributed by atoms with Gasteiger partial charge in [0.15, 0.2) is 0 Å². The molecule has 3 atom stereocenters. The van der Waals surface area contributed by atoms with Crippen LogP contribution in [-0.2, 0) is 11.8 Å². The first-order valence-electron chi connectivity index (χ1n) is 15.4. The van der Waals surface area contributed by atoms with Crippen LogP contribution in [0.25, 0.3) is 11.6 Å². The molecule has 2 aliphatic rings. The molecule has 4 aromatic heterocycles. The smallest absolute Gasteiger partial charge is 0.246 e. The number of nitrogens with zero attached hydrogens (tertiary/aromatic N) is 8. The van der Waals surface area contributed by atoms with Gasteiger partial charge in [0.25, 0.3) is 0 Å². The van der Waals surface area contributed by atoms with Crippen molar-refractivity contribution in [2.45, 2.75) is 83.3 Å². The number of nitrogens with one attached hydrogen (secondary N) is 1. The second-order valence-corrected chi connectivity index (χ2v) is 13.3. The van der Waals surface area contributed by atoms with Gasteiger partial charge in [-0.1, -0.05) is 5.16 Å². The van der Waals surface area contributed by atoms with E-state index in [0.29, 0.717) is 47.5 Å². The van der Waals surface area contributed by atoms with Crippen LogP contribution in [0.1, 0.15) is 84.8 Å². The second kappa shape index (κ2) is 12.6.